The number of hydrogen-bond acceptors (Lipinski definition) is 6. The van der Waals surface area contributed by atoms with E-state index in [0.717, 1.165) is 5.56 Å². The zero-order valence-electron chi connectivity index (χ0n) is 21.1. The van der Waals surface area contributed by atoms with Gasteiger partial charge in [-0.05, 0) is 67.1 Å². The van der Waals surface area contributed by atoms with E-state index in [1.807, 2.05) is 48.5 Å². The van der Waals surface area contributed by atoms with Gasteiger partial charge in [0.1, 0.15) is 10.6 Å². The molecule has 5 rings (SSSR count). The summed E-state index contributed by atoms with van der Waals surface area (Å²) in [5.41, 5.74) is 2.68. The number of ether oxygens (including phenoxy) is 1. The van der Waals surface area contributed by atoms with Gasteiger partial charge in [-0.1, -0.05) is 71.7 Å². The Morgan fingerprint density at radius 2 is 1.55 bits per heavy atom. The Morgan fingerprint density at radius 3 is 2.20 bits per heavy atom. The zero-order valence-corrected chi connectivity index (χ0v) is 23.5. The second kappa shape index (κ2) is 11.6. The van der Waals surface area contributed by atoms with E-state index in [2.05, 4.69) is 5.10 Å². The van der Waals surface area contributed by atoms with Gasteiger partial charge < -0.3 is 8.92 Å². The fraction of sp³-hybridized carbons (Fsp3) is 0.0667. The van der Waals surface area contributed by atoms with Crippen LogP contribution < -0.4 is 13.9 Å². The SMILES string of the molecule is CCOc1cc(/C=C2\C(=O)N(c3ccccc3)N=C2c2ccccc2)cc(Cl)c1OS(=O)(=O)c1ccc(Cl)cc1. The van der Waals surface area contributed by atoms with Gasteiger partial charge in [-0.25, -0.2) is 0 Å². The number of anilines is 1. The number of amides is 1. The van der Waals surface area contributed by atoms with Crippen molar-refractivity contribution in [3.05, 3.63) is 124 Å². The molecule has 0 fully saturated rings. The van der Waals surface area contributed by atoms with Crippen molar-refractivity contribution in [1.29, 1.82) is 0 Å². The smallest absolute Gasteiger partial charge is 0.339 e. The normalized spacial score (nSPS) is 14.4. The fourth-order valence-corrected chi connectivity index (χ4v) is 5.43. The fourth-order valence-electron chi connectivity index (χ4n) is 4.04. The third-order valence-corrected chi connectivity index (χ3v) is 7.63. The number of benzene rings is 4. The monoisotopic (exact) mass is 592 g/mol. The lowest BCUT2D eigenvalue weighted by atomic mass is 10.00. The lowest BCUT2D eigenvalue weighted by Crippen LogP contribution is -2.21. The van der Waals surface area contributed by atoms with E-state index in [1.165, 1.54) is 35.3 Å². The van der Waals surface area contributed by atoms with E-state index >= 15 is 0 Å². The Hall–Kier alpha value is -4.11. The predicted molar refractivity (Wildman–Crippen MR) is 157 cm³/mol. The van der Waals surface area contributed by atoms with Gasteiger partial charge in [0, 0.05) is 10.6 Å². The minimum Gasteiger partial charge on any atom is -0.490 e. The molecule has 0 aromatic heterocycles. The van der Waals surface area contributed by atoms with Crippen molar-refractivity contribution in [1.82, 2.24) is 0 Å². The molecule has 1 aliphatic rings. The highest BCUT2D eigenvalue weighted by molar-refractivity contribution is 7.87. The average molecular weight is 593 g/mol. The summed E-state index contributed by atoms with van der Waals surface area (Å²) < 4.78 is 37.0. The lowest BCUT2D eigenvalue weighted by molar-refractivity contribution is -0.114. The second-order valence-electron chi connectivity index (χ2n) is 8.58. The molecule has 202 valence electrons. The molecule has 0 saturated heterocycles. The molecule has 0 spiro atoms. The molecule has 1 heterocycles. The molecule has 0 unspecified atom stereocenters. The van der Waals surface area contributed by atoms with Crippen molar-refractivity contribution in [2.75, 3.05) is 11.6 Å². The van der Waals surface area contributed by atoms with Crippen molar-refractivity contribution in [3.63, 3.8) is 0 Å². The molecule has 0 radical (unpaired) electrons. The Labute approximate surface area is 242 Å². The van der Waals surface area contributed by atoms with Crippen LogP contribution in [0.25, 0.3) is 6.08 Å². The summed E-state index contributed by atoms with van der Waals surface area (Å²) >= 11 is 12.4. The molecule has 0 saturated carbocycles. The van der Waals surface area contributed by atoms with Gasteiger partial charge >= 0.3 is 10.1 Å². The number of halogens is 2. The van der Waals surface area contributed by atoms with Gasteiger partial charge in [0.2, 0.25) is 5.75 Å². The molecule has 7 nitrogen and oxygen atoms in total. The quantitative estimate of drug-likeness (QED) is 0.162. The highest BCUT2D eigenvalue weighted by atomic mass is 35.5. The third-order valence-electron chi connectivity index (χ3n) is 5.86. The molecular weight excluding hydrogens is 571 g/mol. The topological polar surface area (TPSA) is 85.3 Å². The molecule has 0 atom stereocenters. The van der Waals surface area contributed by atoms with Gasteiger partial charge in [-0.15, -0.1) is 0 Å². The van der Waals surface area contributed by atoms with Crippen LogP contribution in [0.2, 0.25) is 10.0 Å². The summed E-state index contributed by atoms with van der Waals surface area (Å²) in [7, 11) is -4.24. The molecule has 1 aliphatic heterocycles. The first-order valence-corrected chi connectivity index (χ1v) is 14.4. The largest absolute Gasteiger partial charge is 0.490 e. The van der Waals surface area contributed by atoms with Gasteiger partial charge in [0.25, 0.3) is 5.91 Å². The van der Waals surface area contributed by atoms with E-state index in [-0.39, 0.29) is 33.9 Å². The van der Waals surface area contributed by atoms with Crippen LogP contribution in [-0.4, -0.2) is 26.6 Å². The van der Waals surface area contributed by atoms with Crippen LogP contribution >= 0.6 is 23.2 Å². The van der Waals surface area contributed by atoms with Crippen molar-refractivity contribution < 1.29 is 22.1 Å². The van der Waals surface area contributed by atoms with Crippen LogP contribution in [0.3, 0.4) is 0 Å². The lowest BCUT2D eigenvalue weighted by Gasteiger charge is -2.15. The average Bonchev–Trinajstić information content (AvgIpc) is 3.27. The van der Waals surface area contributed by atoms with Crippen LogP contribution in [0.4, 0.5) is 5.69 Å². The van der Waals surface area contributed by atoms with Crippen molar-refractivity contribution in [3.8, 4) is 11.5 Å². The van der Waals surface area contributed by atoms with E-state index in [1.54, 1.807) is 31.2 Å². The molecule has 4 aromatic rings. The first-order valence-electron chi connectivity index (χ1n) is 12.2. The summed E-state index contributed by atoms with van der Waals surface area (Å²) in [6, 6.07) is 27.1. The zero-order chi connectivity index (χ0) is 28.3. The number of hydrogen-bond donors (Lipinski definition) is 0. The Morgan fingerprint density at radius 1 is 0.900 bits per heavy atom. The number of carbonyl (C=O) groups excluding carboxylic acids is 1. The molecule has 1 amide bonds. The summed E-state index contributed by atoms with van der Waals surface area (Å²) in [5.74, 6) is -0.394. The summed E-state index contributed by atoms with van der Waals surface area (Å²) in [6.07, 6.45) is 1.64. The minimum atomic E-state index is -4.24. The van der Waals surface area contributed by atoms with E-state index < -0.39 is 10.1 Å². The maximum atomic E-state index is 13.6. The first-order chi connectivity index (χ1) is 19.3. The summed E-state index contributed by atoms with van der Waals surface area (Å²) in [5, 5.41) is 6.34. The molecule has 0 bridgehead atoms. The van der Waals surface area contributed by atoms with Crippen LogP contribution in [0, 0.1) is 0 Å². The second-order valence-corrected chi connectivity index (χ2v) is 11.0. The molecule has 0 aliphatic carbocycles. The summed E-state index contributed by atoms with van der Waals surface area (Å²) in [6.45, 7) is 1.96. The maximum Gasteiger partial charge on any atom is 0.339 e. The molecule has 0 N–H and O–H groups in total. The van der Waals surface area contributed by atoms with Gasteiger partial charge in [-0.2, -0.15) is 18.5 Å². The van der Waals surface area contributed by atoms with E-state index in [4.69, 9.17) is 32.1 Å². The van der Waals surface area contributed by atoms with Gasteiger partial charge in [0.15, 0.2) is 5.75 Å². The summed E-state index contributed by atoms with van der Waals surface area (Å²) in [4.78, 5) is 13.5. The van der Waals surface area contributed by atoms with Crippen molar-refractivity contribution in [2.24, 2.45) is 5.10 Å². The van der Waals surface area contributed by atoms with Crippen molar-refractivity contribution >= 4 is 56.7 Å². The van der Waals surface area contributed by atoms with Gasteiger partial charge in [-0.3, -0.25) is 4.79 Å². The molecular formula is C30H22Cl2N2O5S. The van der Waals surface area contributed by atoms with Crippen LogP contribution in [-0.2, 0) is 14.9 Å². The third kappa shape index (κ3) is 5.74. The first kappa shape index (κ1) is 27.5. The number of para-hydroxylation sites is 1. The van der Waals surface area contributed by atoms with Crippen molar-refractivity contribution in [2.45, 2.75) is 11.8 Å². The van der Waals surface area contributed by atoms with Crippen LogP contribution in [0.1, 0.15) is 18.1 Å². The van der Waals surface area contributed by atoms with E-state index in [0.29, 0.717) is 27.6 Å². The Bertz CT molecular complexity index is 1720. The highest BCUT2D eigenvalue weighted by Crippen LogP contribution is 2.40. The predicted octanol–water partition coefficient (Wildman–Crippen LogP) is 6.99. The molecule has 10 heteroatoms. The van der Waals surface area contributed by atoms with Gasteiger partial charge in [0.05, 0.1) is 22.9 Å². The number of carbonyl (C=O) groups is 1. The van der Waals surface area contributed by atoms with E-state index in [9.17, 15) is 13.2 Å². The highest BCUT2D eigenvalue weighted by Gasteiger charge is 2.32. The standard InChI is InChI=1S/C30H22Cl2N2O5S/c1-2-38-27-19-20(18-26(32)29(27)39-40(36,37)24-15-13-22(31)14-16-24)17-25-28(21-9-5-3-6-10-21)33-34(30(25)35)23-11-7-4-8-12-23/h3-19H,2H2,1H3/b25-17-. The molecule has 4 aromatic carbocycles. The Kier molecular flexibility index (Phi) is 7.93. The maximum absolute atomic E-state index is 13.6. The molecule has 40 heavy (non-hydrogen) atoms. The number of nitrogens with zero attached hydrogens (tertiary/aromatic N) is 2. The van der Waals surface area contributed by atoms with Crippen LogP contribution in [0.15, 0.2) is 113 Å². The Balaban J connectivity index is 1.56. The van der Waals surface area contributed by atoms with Crippen LogP contribution in [0.5, 0.6) is 11.5 Å². The number of rotatable bonds is 8. The minimum absolute atomic E-state index is 0.0149. The number of hydrazone groups is 1.